The average molecular weight is 283 g/mol. The summed E-state index contributed by atoms with van der Waals surface area (Å²) >= 11 is 0. The number of imidazole rings is 1. The number of nitrogens with zero attached hydrogens (tertiary/aromatic N) is 4. The Bertz CT molecular complexity index is 832. The molecule has 0 saturated heterocycles. The molecule has 3 aromatic rings. The summed E-state index contributed by atoms with van der Waals surface area (Å²) in [5, 5.41) is 4.53. The van der Waals surface area contributed by atoms with Gasteiger partial charge in [0.2, 0.25) is 5.95 Å². The lowest BCUT2D eigenvalue weighted by Gasteiger charge is -2.14. The molecule has 0 bridgehead atoms. The van der Waals surface area contributed by atoms with Crippen LogP contribution in [0.15, 0.2) is 24.3 Å². The van der Waals surface area contributed by atoms with Gasteiger partial charge in [-0.1, -0.05) is 25.1 Å². The maximum absolute atomic E-state index is 6.18. The fraction of sp³-hybridized carbons (Fsp3) is 0.333. The zero-order valence-electron chi connectivity index (χ0n) is 12.1. The molecule has 2 aromatic heterocycles. The van der Waals surface area contributed by atoms with Crippen LogP contribution in [0.5, 0.6) is 5.75 Å². The molecule has 108 valence electrons. The highest BCUT2D eigenvalue weighted by Crippen LogP contribution is 2.38. The van der Waals surface area contributed by atoms with Crippen LogP contribution in [-0.4, -0.2) is 25.9 Å². The van der Waals surface area contributed by atoms with E-state index >= 15 is 0 Å². The Balaban J connectivity index is 1.96. The Morgan fingerprint density at radius 3 is 3.00 bits per heavy atom. The van der Waals surface area contributed by atoms with Crippen LogP contribution in [-0.2, 0) is 13.5 Å². The van der Waals surface area contributed by atoms with E-state index < -0.39 is 0 Å². The number of nitrogen functional groups attached to an aromatic ring is 1. The van der Waals surface area contributed by atoms with Gasteiger partial charge in [-0.05, 0) is 12.5 Å². The Kier molecular flexibility index (Phi) is 2.48. The van der Waals surface area contributed by atoms with Gasteiger partial charge < -0.3 is 10.5 Å². The highest BCUT2D eigenvalue weighted by Gasteiger charge is 2.30. The van der Waals surface area contributed by atoms with Gasteiger partial charge >= 0.3 is 0 Å². The van der Waals surface area contributed by atoms with Gasteiger partial charge in [0, 0.05) is 12.6 Å². The zero-order valence-corrected chi connectivity index (χ0v) is 12.1. The first kappa shape index (κ1) is 12.3. The summed E-state index contributed by atoms with van der Waals surface area (Å²) in [6.07, 6.45) is 0.839. The predicted molar refractivity (Wildman–Crippen MR) is 80.4 cm³/mol. The number of anilines is 1. The Morgan fingerprint density at radius 2 is 2.19 bits per heavy atom. The summed E-state index contributed by atoms with van der Waals surface area (Å²) in [6.45, 7) is 2.65. The molecule has 6 nitrogen and oxygen atoms in total. The van der Waals surface area contributed by atoms with Crippen LogP contribution < -0.4 is 10.5 Å². The van der Waals surface area contributed by atoms with Crippen molar-refractivity contribution in [1.29, 1.82) is 0 Å². The summed E-state index contributed by atoms with van der Waals surface area (Å²) in [5.41, 5.74) is 10.1. The molecule has 21 heavy (non-hydrogen) atoms. The standard InChI is InChI=1S/C15H17N5O/c1-3-10-13-14(19(2)18-10)20(15(16)17-13)11-8-21-12-7-5-4-6-9(11)12/h4-7,11H,3,8H2,1-2H3,(H2,16,17). The van der Waals surface area contributed by atoms with Crippen LogP contribution in [0, 0.1) is 0 Å². The summed E-state index contributed by atoms with van der Waals surface area (Å²) in [5.74, 6) is 1.43. The second-order valence-electron chi connectivity index (χ2n) is 5.30. The van der Waals surface area contributed by atoms with Crippen LogP contribution in [0.3, 0.4) is 0 Å². The Labute approximate surface area is 122 Å². The molecule has 2 N–H and O–H groups in total. The third-order valence-corrected chi connectivity index (χ3v) is 4.09. The molecule has 4 rings (SSSR count). The molecule has 1 unspecified atom stereocenters. The van der Waals surface area contributed by atoms with Crippen molar-refractivity contribution in [3.8, 4) is 5.75 Å². The second-order valence-corrected chi connectivity index (χ2v) is 5.30. The van der Waals surface area contributed by atoms with Crippen molar-refractivity contribution in [2.75, 3.05) is 12.3 Å². The fourth-order valence-corrected chi connectivity index (χ4v) is 3.12. The van der Waals surface area contributed by atoms with E-state index in [1.807, 2.05) is 34.5 Å². The van der Waals surface area contributed by atoms with Crippen molar-refractivity contribution >= 4 is 17.1 Å². The van der Waals surface area contributed by atoms with E-state index in [0.717, 1.165) is 34.6 Å². The van der Waals surface area contributed by atoms with E-state index in [1.165, 1.54) is 0 Å². The molecular weight excluding hydrogens is 266 g/mol. The first-order valence-electron chi connectivity index (χ1n) is 7.11. The largest absolute Gasteiger partial charge is 0.491 e. The quantitative estimate of drug-likeness (QED) is 0.779. The number of ether oxygens (including phenoxy) is 1. The molecule has 0 radical (unpaired) electrons. The van der Waals surface area contributed by atoms with Crippen molar-refractivity contribution in [1.82, 2.24) is 19.3 Å². The van der Waals surface area contributed by atoms with Gasteiger partial charge in [-0.3, -0.25) is 9.25 Å². The lowest BCUT2D eigenvalue weighted by atomic mass is 10.1. The van der Waals surface area contributed by atoms with Crippen LogP contribution >= 0.6 is 0 Å². The summed E-state index contributed by atoms with van der Waals surface area (Å²) in [6, 6.07) is 8.11. The first-order valence-corrected chi connectivity index (χ1v) is 7.11. The monoisotopic (exact) mass is 283 g/mol. The SMILES string of the molecule is CCc1nn(C)c2c1nc(N)n2C1COc2ccccc21. The molecule has 0 saturated carbocycles. The number of hydrogen-bond donors (Lipinski definition) is 1. The van der Waals surface area contributed by atoms with E-state index in [1.54, 1.807) is 0 Å². The fourth-order valence-electron chi connectivity index (χ4n) is 3.12. The normalized spacial score (nSPS) is 17.1. The number of aryl methyl sites for hydroxylation is 2. The third kappa shape index (κ3) is 1.59. The molecule has 1 aliphatic rings. The van der Waals surface area contributed by atoms with Gasteiger partial charge in [-0.2, -0.15) is 5.10 Å². The molecule has 0 aliphatic carbocycles. The van der Waals surface area contributed by atoms with Gasteiger partial charge in [0.25, 0.3) is 0 Å². The molecule has 0 fully saturated rings. The van der Waals surface area contributed by atoms with Crippen LogP contribution in [0.4, 0.5) is 5.95 Å². The number of aromatic nitrogens is 4. The highest BCUT2D eigenvalue weighted by atomic mass is 16.5. The topological polar surface area (TPSA) is 70.9 Å². The number of hydrogen-bond acceptors (Lipinski definition) is 4. The first-order chi connectivity index (χ1) is 10.2. The lowest BCUT2D eigenvalue weighted by Crippen LogP contribution is -2.16. The van der Waals surface area contributed by atoms with Crippen LogP contribution in [0.1, 0.15) is 24.2 Å². The highest BCUT2D eigenvalue weighted by molar-refractivity contribution is 5.78. The van der Waals surface area contributed by atoms with Crippen LogP contribution in [0.2, 0.25) is 0 Å². The number of para-hydroxylation sites is 1. The molecule has 1 aromatic carbocycles. The number of nitrogens with two attached hydrogens (primary N) is 1. The predicted octanol–water partition coefficient (Wildman–Crippen LogP) is 1.90. The number of benzene rings is 1. The lowest BCUT2D eigenvalue weighted by molar-refractivity contribution is 0.319. The molecule has 0 amide bonds. The Morgan fingerprint density at radius 1 is 1.38 bits per heavy atom. The van der Waals surface area contributed by atoms with Gasteiger partial charge in [0.15, 0.2) is 5.65 Å². The maximum Gasteiger partial charge on any atom is 0.203 e. The smallest absolute Gasteiger partial charge is 0.203 e. The molecule has 1 aliphatic heterocycles. The minimum atomic E-state index is 0.0475. The molecule has 6 heteroatoms. The van der Waals surface area contributed by atoms with Gasteiger partial charge in [-0.15, -0.1) is 0 Å². The van der Waals surface area contributed by atoms with E-state index in [0.29, 0.717) is 12.6 Å². The van der Waals surface area contributed by atoms with Crippen molar-refractivity contribution in [2.45, 2.75) is 19.4 Å². The number of fused-ring (bicyclic) bond motifs is 2. The third-order valence-electron chi connectivity index (χ3n) is 4.09. The zero-order chi connectivity index (χ0) is 14.6. The maximum atomic E-state index is 6.18. The van der Waals surface area contributed by atoms with E-state index in [2.05, 4.69) is 23.1 Å². The average Bonchev–Trinajstić information content (AvgIpc) is 3.13. The van der Waals surface area contributed by atoms with Gasteiger partial charge in [0.1, 0.15) is 23.9 Å². The summed E-state index contributed by atoms with van der Waals surface area (Å²) in [4.78, 5) is 4.52. The number of rotatable bonds is 2. The van der Waals surface area contributed by atoms with Crippen molar-refractivity contribution in [3.63, 3.8) is 0 Å². The molecular formula is C15H17N5O. The summed E-state index contributed by atoms with van der Waals surface area (Å²) < 4.78 is 9.67. The Hall–Kier alpha value is -2.50. The minimum Gasteiger partial charge on any atom is -0.491 e. The van der Waals surface area contributed by atoms with Crippen molar-refractivity contribution in [3.05, 3.63) is 35.5 Å². The van der Waals surface area contributed by atoms with E-state index in [-0.39, 0.29) is 6.04 Å². The van der Waals surface area contributed by atoms with Crippen LogP contribution in [0.25, 0.3) is 11.2 Å². The van der Waals surface area contributed by atoms with E-state index in [9.17, 15) is 0 Å². The molecule has 0 spiro atoms. The summed E-state index contributed by atoms with van der Waals surface area (Å²) in [7, 11) is 1.93. The van der Waals surface area contributed by atoms with E-state index in [4.69, 9.17) is 10.5 Å². The minimum absolute atomic E-state index is 0.0475. The second kappa shape index (κ2) is 4.25. The molecule has 1 atom stereocenters. The van der Waals surface area contributed by atoms with Crippen molar-refractivity contribution < 1.29 is 4.74 Å². The van der Waals surface area contributed by atoms with Gasteiger partial charge in [-0.25, -0.2) is 4.98 Å². The van der Waals surface area contributed by atoms with Crippen molar-refractivity contribution in [2.24, 2.45) is 7.05 Å². The molecule has 3 heterocycles. The van der Waals surface area contributed by atoms with Gasteiger partial charge in [0.05, 0.1) is 5.69 Å².